The first-order chi connectivity index (χ1) is 15.2. The predicted molar refractivity (Wildman–Crippen MR) is 125 cm³/mol. The lowest BCUT2D eigenvalue weighted by Crippen LogP contribution is -2.40. The highest BCUT2D eigenvalue weighted by Gasteiger charge is 2.27. The zero-order valence-corrected chi connectivity index (χ0v) is 18.9. The predicted octanol–water partition coefficient (Wildman–Crippen LogP) is 4.89. The molecule has 0 aliphatic carbocycles. The van der Waals surface area contributed by atoms with Crippen molar-refractivity contribution in [3.63, 3.8) is 0 Å². The number of carbonyl (C=O) groups excluding carboxylic acids is 1. The van der Waals surface area contributed by atoms with Crippen LogP contribution in [-0.2, 0) is 4.79 Å². The van der Waals surface area contributed by atoms with Gasteiger partial charge < -0.3 is 4.90 Å². The summed E-state index contributed by atoms with van der Waals surface area (Å²) in [6, 6.07) is 16.4. The average molecular weight is 450 g/mol. The highest BCUT2D eigenvalue weighted by molar-refractivity contribution is 7.99. The van der Waals surface area contributed by atoms with Gasteiger partial charge in [0.25, 0.3) is 0 Å². The van der Waals surface area contributed by atoms with Gasteiger partial charge in [0.05, 0.1) is 21.0 Å². The number of thiazole rings is 1. The number of benzene rings is 2. The minimum absolute atomic E-state index is 0.137. The van der Waals surface area contributed by atoms with Crippen molar-refractivity contribution in [3.8, 4) is 11.4 Å². The molecular weight excluding hydrogens is 426 g/mol. The molecule has 1 saturated heterocycles. The monoisotopic (exact) mass is 449 g/mol. The lowest BCUT2D eigenvalue weighted by molar-refractivity contribution is -0.129. The van der Waals surface area contributed by atoms with Gasteiger partial charge in [-0.15, -0.1) is 16.4 Å². The van der Waals surface area contributed by atoms with Crippen LogP contribution in [0.1, 0.15) is 29.3 Å². The molecule has 0 radical (unpaired) electrons. The van der Waals surface area contributed by atoms with Gasteiger partial charge in [0.2, 0.25) is 11.1 Å². The van der Waals surface area contributed by atoms with Gasteiger partial charge in [0, 0.05) is 24.6 Å². The van der Waals surface area contributed by atoms with E-state index in [1.807, 2.05) is 41.3 Å². The fourth-order valence-corrected chi connectivity index (χ4v) is 5.63. The Hall–Kier alpha value is -2.71. The number of amides is 1. The molecule has 1 aliphatic rings. The second kappa shape index (κ2) is 8.80. The van der Waals surface area contributed by atoms with E-state index in [0.717, 1.165) is 47.8 Å². The number of rotatable bonds is 5. The molecule has 5 rings (SSSR count). The molecule has 0 bridgehead atoms. The Kier molecular flexibility index (Phi) is 5.74. The van der Waals surface area contributed by atoms with Crippen molar-refractivity contribution in [1.29, 1.82) is 0 Å². The van der Waals surface area contributed by atoms with Crippen molar-refractivity contribution in [3.05, 3.63) is 59.1 Å². The van der Waals surface area contributed by atoms with Crippen LogP contribution in [0.15, 0.2) is 53.7 Å². The van der Waals surface area contributed by atoms with Crippen LogP contribution in [0.25, 0.3) is 21.6 Å². The van der Waals surface area contributed by atoms with Gasteiger partial charge >= 0.3 is 0 Å². The van der Waals surface area contributed by atoms with Crippen molar-refractivity contribution in [1.82, 2.24) is 25.1 Å². The van der Waals surface area contributed by atoms with Crippen molar-refractivity contribution in [2.24, 2.45) is 0 Å². The summed E-state index contributed by atoms with van der Waals surface area (Å²) in [7, 11) is 0. The molecule has 0 spiro atoms. The number of nitrogens with one attached hydrogen (secondary N) is 1. The quantitative estimate of drug-likeness (QED) is 0.439. The van der Waals surface area contributed by atoms with Crippen molar-refractivity contribution < 1.29 is 4.79 Å². The second-order valence-corrected chi connectivity index (χ2v) is 9.82. The molecule has 4 aromatic rings. The number of piperidine rings is 1. The summed E-state index contributed by atoms with van der Waals surface area (Å²) in [6.45, 7) is 3.60. The maximum absolute atomic E-state index is 12.9. The zero-order chi connectivity index (χ0) is 21.2. The number of aromatic nitrogens is 4. The molecular formula is C23H23N5OS2. The molecule has 2 aromatic heterocycles. The molecule has 2 aromatic carbocycles. The Bertz CT molecular complexity index is 1170. The first kappa shape index (κ1) is 20.2. The maximum Gasteiger partial charge on any atom is 0.233 e. The molecule has 158 valence electrons. The van der Waals surface area contributed by atoms with E-state index in [2.05, 4.69) is 34.2 Å². The number of likely N-dealkylation sites (tertiary alicyclic amines) is 1. The molecule has 1 N–H and O–H groups in total. The minimum atomic E-state index is 0.137. The molecule has 8 heteroatoms. The third-order valence-corrected chi connectivity index (χ3v) is 7.58. The lowest BCUT2D eigenvalue weighted by Gasteiger charge is -2.31. The second-order valence-electron chi connectivity index (χ2n) is 7.82. The number of H-pyrrole nitrogens is 1. The van der Waals surface area contributed by atoms with Gasteiger partial charge in [0.15, 0.2) is 5.82 Å². The van der Waals surface area contributed by atoms with Crippen molar-refractivity contribution in [2.75, 3.05) is 18.8 Å². The Labute approximate surface area is 189 Å². The van der Waals surface area contributed by atoms with E-state index in [-0.39, 0.29) is 5.91 Å². The number of aromatic amines is 1. The molecule has 1 aliphatic heterocycles. The van der Waals surface area contributed by atoms with Crippen LogP contribution in [0.4, 0.5) is 0 Å². The van der Waals surface area contributed by atoms with E-state index < -0.39 is 0 Å². The molecule has 1 unspecified atom stereocenters. The number of carbonyl (C=O) groups is 1. The van der Waals surface area contributed by atoms with E-state index >= 15 is 0 Å². The lowest BCUT2D eigenvalue weighted by atomic mass is 9.99. The smallest absolute Gasteiger partial charge is 0.233 e. The van der Waals surface area contributed by atoms with Crippen LogP contribution in [0.5, 0.6) is 0 Å². The number of aryl methyl sites for hydroxylation is 1. The summed E-state index contributed by atoms with van der Waals surface area (Å²) in [6.07, 6.45) is 2.09. The van der Waals surface area contributed by atoms with E-state index in [0.29, 0.717) is 16.8 Å². The number of thioether (sulfide) groups is 1. The third-order valence-electron chi connectivity index (χ3n) is 5.55. The number of hydrogen-bond donors (Lipinski definition) is 1. The summed E-state index contributed by atoms with van der Waals surface area (Å²) >= 11 is 3.13. The minimum Gasteiger partial charge on any atom is -0.341 e. The van der Waals surface area contributed by atoms with Crippen LogP contribution >= 0.6 is 23.1 Å². The van der Waals surface area contributed by atoms with E-state index in [9.17, 15) is 4.79 Å². The fourth-order valence-electron chi connectivity index (χ4n) is 3.84. The molecule has 0 saturated carbocycles. The Morgan fingerprint density at radius 2 is 2.03 bits per heavy atom. The zero-order valence-electron chi connectivity index (χ0n) is 17.2. The van der Waals surface area contributed by atoms with Crippen molar-refractivity contribution >= 4 is 39.2 Å². The van der Waals surface area contributed by atoms with Gasteiger partial charge in [-0.1, -0.05) is 53.7 Å². The molecule has 1 fully saturated rings. The van der Waals surface area contributed by atoms with E-state index in [1.165, 1.54) is 22.0 Å². The SMILES string of the molecule is Cc1ccc(-c2nc(SCC(=O)N3CCCC(c4nc5ccccc5s4)C3)n[nH]2)cc1. The van der Waals surface area contributed by atoms with Crippen LogP contribution in [-0.4, -0.2) is 49.8 Å². The first-order valence-corrected chi connectivity index (χ1v) is 12.2. The number of fused-ring (bicyclic) bond motifs is 1. The van der Waals surface area contributed by atoms with Crippen LogP contribution in [0, 0.1) is 6.92 Å². The average Bonchev–Trinajstić information content (AvgIpc) is 3.45. The molecule has 31 heavy (non-hydrogen) atoms. The maximum atomic E-state index is 12.9. The van der Waals surface area contributed by atoms with Gasteiger partial charge in [-0.25, -0.2) is 9.97 Å². The van der Waals surface area contributed by atoms with Gasteiger partial charge in [-0.05, 0) is 31.9 Å². The summed E-state index contributed by atoms with van der Waals surface area (Å²) < 4.78 is 1.21. The molecule has 1 atom stereocenters. The van der Waals surface area contributed by atoms with Gasteiger partial charge in [-0.3, -0.25) is 9.89 Å². The highest BCUT2D eigenvalue weighted by Crippen LogP contribution is 2.33. The summed E-state index contributed by atoms with van der Waals surface area (Å²) in [5, 5.41) is 8.98. The van der Waals surface area contributed by atoms with Crippen LogP contribution < -0.4 is 0 Å². The highest BCUT2D eigenvalue weighted by atomic mass is 32.2. The van der Waals surface area contributed by atoms with Crippen molar-refractivity contribution in [2.45, 2.75) is 30.8 Å². The van der Waals surface area contributed by atoms with Gasteiger partial charge in [0.1, 0.15) is 0 Å². The Morgan fingerprint density at radius 1 is 1.19 bits per heavy atom. The largest absolute Gasteiger partial charge is 0.341 e. The first-order valence-electron chi connectivity index (χ1n) is 10.4. The standard InChI is InChI=1S/C23H23N5OS2/c1-15-8-10-16(11-9-15)21-25-23(27-26-21)30-14-20(29)28-12-4-5-17(13-28)22-24-18-6-2-3-7-19(18)31-22/h2-3,6-11,17H,4-5,12-14H2,1H3,(H,25,26,27). The number of hydrogen-bond acceptors (Lipinski definition) is 6. The van der Waals surface area contributed by atoms with Crippen LogP contribution in [0.3, 0.4) is 0 Å². The number of nitrogens with zero attached hydrogens (tertiary/aromatic N) is 4. The van der Waals surface area contributed by atoms with E-state index in [1.54, 1.807) is 11.3 Å². The normalized spacial score (nSPS) is 16.7. The third kappa shape index (κ3) is 4.50. The Morgan fingerprint density at radius 3 is 2.87 bits per heavy atom. The topological polar surface area (TPSA) is 74.8 Å². The Balaban J connectivity index is 1.20. The summed E-state index contributed by atoms with van der Waals surface area (Å²) in [4.78, 5) is 24.2. The molecule has 6 nitrogen and oxygen atoms in total. The molecule has 3 heterocycles. The van der Waals surface area contributed by atoms with Gasteiger partial charge in [-0.2, -0.15) is 0 Å². The van der Waals surface area contributed by atoms with Crippen LogP contribution in [0.2, 0.25) is 0 Å². The summed E-state index contributed by atoms with van der Waals surface area (Å²) in [5.74, 6) is 1.52. The number of para-hydroxylation sites is 1. The van der Waals surface area contributed by atoms with E-state index in [4.69, 9.17) is 4.98 Å². The fraction of sp³-hybridized carbons (Fsp3) is 0.304. The summed E-state index contributed by atoms with van der Waals surface area (Å²) in [5.41, 5.74) is 3.25. The molecule has 1 amide bonds.